The first-order chi connectivity index (χ1) is 14.6. The van der Waals surface area contributed by atoms with Gasteiger partial charge in [0.1, 0.15) is 0 Å². The standard InChI is InChI=1S/C23H23ClN2O4/c1-28-20-12-10-17(21(29-2)22(20)30-3)23(27)26-16-9-11-19(18(24)13-16)25-14-15-7-5-4-6-8-15/h4-13,25H,14H2,1-3H3,(H,26,27). The maximum absolute atomic E-state index is 12.8. The number of halogens is 1. The third-order valence-corrected chi connectivity index (χ3v) is 4.81. The van der Waals surface area contributed by atoms with Gasteiger partial charge in [-0.05, 0) is 35.9 Å². The Bertz CT molecular complexity index is 1030. The Morgan fingerprint density at radius 1 is 0.900 bits per heavy atom. The van der Waals surface area contributed by atoms with Crippen LogP contribution in [0.4, 0.5) is 11.4 Å². The summed E-state index contributed by atoms with van der Waals surface area (Å²) in [5, 5.41) is 6.63. The SMILES string of the molecule is COc1ccc(C(=O)Nc2ccc(NCc3ccccc3)c(Cl)c2)c(OC)c1OC. The molecule has 0 aliphatic heterocycles. The highest BCUT2D eigenvalue weighted by atomic mass is 35.5. The number of carbonyl (C=O) groups is 1. The van der Waals surface area contributed by atoms with Crippen molar-refractivity contribution in [2.45, 2.75) is 6.54 Å². The Morgan fingerprint density at radius 2 is 1.63 bits per heavy atom. The molecule has 0 aromatic heterocycles. The van der Waals surface area contributed by atoms with E-state index >= 15 is 0 Å². The van der Waals surface area contributed by atoms with Gasteiger partial charge in [0.2, 0.25) is 5.75 Å². The Hall–Kier alpha value is -3.38. The molecule has 7 heteroatoms. The number of methoxy groups -OCH3 is 3. The van der Waals surface area contributed by atoms with Gasteiger partial charge in [0.15, 0.2) is 11.5 Å². The lowest BCUT2D eigenvalue weighted by Crippen LogP contribution is -2.14. The minimum absolute atomic E-state index is 0.293. The Morgan fingerprint density at radius 3 is 2.27 bits per heavy atom. The van der Waals surface area contributed by atoms with Crippen LogP contribution in [0.15, 0.2) is 60.7 Å². The molecule has 0 aliphatic rings. The van der Waals surface area contributed by atoms with E-state index in [0.29, 0.717) is 40.1 Å². The van der Waals surface area contributed by atoms with Crippen LogP contribution in [0, 0.1) is 0 Å². The Labute approximate surface area is 180 Å². The van der Waals surface area contributed by atoms with Crippen LogP contribution in [0.3, 0.4) is 0 Å². The lowest BCUT2D eigenvalue weighted by Gasteiger charge is -2.16. The number of benzene rings is 3. The zero-order valence-electron chi connectivity index (χ0n) is 17.0. The number of rotatable bonds is 8. The highest BCUT2D eigenvalue weighted by Crippen LogP contribution is 2.40. The van der Waals surface area contributed by atoms with Crippen LogP contribution < -0.4 is 24.8 Å². The first-order valence-electron chi connectivity index (χ1n) is 9.25. The van der Waals surface area contributed by atoms with Crippen molar-refractivity contribution < 1.29 is 19.0 Å². The summed E-state index contributed by atoms with van der Waals surface area (Å²) < 4.78 is 16.0. The first-order valence-corrected chi connectivity index (χ1v) is 9.62. The lowest BCUT2D eigenvalue weighted by molar-refractivity contribution is 0.102. The molecule has 1 amide bonds. The van der Waals surface area contributed by atoms with Crippen LogP contribution in [0.2, 0.25) is 5.02 Å². The number of amides is 1. The number of hydrogen-bond acceptors (Lipinski definition) is 5. The van der Waals surface area contributed by atoms with Crippen molar-refractivity contribution in [1.82, 2.24) is 0 Å². The fraction of sp³-hybridized carbons (Fsp3) is 0.174. The van der Waals surface area contributed by atoms with Gasteiger partial charge in [-0.3, -0.25) is 4.79 Å². The zero-order valence-corrected chi connectivity index (χ0v) is 17.7. The van der Waals surface area contributed by atoms with Gasteiger partial charge in [0.25, 0.3) is 5.91 Å². The van der Waals surface area contributed by atoms with Crippen molar-refractivity contribution >= 4 is 28.9 Å². The van der Waals surface area contributed by atoms with Crippen molar-refractivity contribution in [3.05, 3.63) is 76.8 Å². The molecule has 3 aromatic carbocycles. The molecule has 3 aromatic rings. The second-order valence-electron chi connectivity index (χ2n) is 6.37. The molecular formula is C23H23ClN2O4. The zero-order chi connectivity index (χ0) is 21.5. The van der Waals surface area contributed by atoms with Crippen LogP contribution in [0.1, 0.15) is 15.9 Å². The minimum atomic E-state index is -0.353. The first kappa shape index (κ1) is 21.3. The van der Waals surface area contributed by atoms with Crippen molar-refractivity contribution in [1.29, 1.82) is 0 Å². The monoisotopic (exact) mass is 426 g/mol. The molecule has 0 heterocycles. The summed E-state index contributed by atoms with van der Waals surface area (Å²) in [6.45, 7) is 0.648. The molecule has 0 saturated heterocycles. The van der Waals surface area contributed by atoms with Crippen molar-refractivity contribution in [3.63, 3.8) is 0 Å². The fourth-order valence-electron chi connectivity index (χ4n) is 3.01. The molecule has 0 radical (unpaired) electrons. The lowest BCUT2D eigenvalue weighted by atomic mass is 10.1. The molecular weight excluding hydrogens is 404 g/mol. The summed E-state index contributed by atoms with van der Waals surface area (Å²) in [7, 11) is 4.48. The van der Waals surface area contributed by atoms with Crippen LogP contribution in [-0.4, -0.2) is 27.2 Å². The minimum Gasteiger partial charge on any atom is -0.493 e. The van der Waals surface area contributed by atoms with Crippen LogP contribution in [0.5, 0.6) is 17.2 Å². The molecule has 0 aliphatic carbocycles. The van der Waals surface area contributed by atoms with E-state index in [1.807, 2.05) is 36.4 Å². The average molecular weight is 427 g/mol. The quantitative estimate of drug-likeness (QED) is 0.516. The van der Waals surface area contributed by atoms with Gasteiger partial charge in [-0.25, -0.2) is 0 Å². The number of ether oxygens (including phenoxy) is 3. The van der Waals surface area contributed by atoms with Gasteiger partial charge in [-0.15, -0.1) is 0 Å². The van der Waals surface area contributed by atoms with E-state index in [9.17, 15) is 4.79 Å². The van der Waals surface area contributed by atoms with E-state index in [1.165, 1.54) is 21.3 Å². The molecule has 0 fully saturated rings. The molecule has 30 heavy (non-hydrogen) atoms. The number of carbonyl (C=O) groups excluding carboxylic acids is 1. The summed E-state index contributed by atoms with van der Waals surface area (Å²) in [4.78, 5) is 12.8. The highest BCUT2D eigenvalue weighted by molar-refractivity contribution is 6.33. The maximum atomic E-state index is 12.8. The summed E-state index contributed by atoms with van der Waals surface area (Å²) in [5.74, 6) is 0.768. The van der Waals surface area contributed by atoms with Crippen molar-refractivity contribution in [2.75, 3.05) is 32.0 Å². The summed E-state index contributed by atoms with van der Waals surface area (Å²) in [6.07, 6.45) is 0. The van der Waals surface area contributed by atoms with Gasteiger partial charge in [-0.1, -0.05) is 41.9 Å². The Balaban J connectivity index is 1.75. The van der Waals surface area contributed by atoms with Crippen LogP contribution >= 0.6 is 11.6 Å². The number of hydrogen-bond donors (Lipinski definition) is 2. The normalized spacial score (nSPS) is 10.3. The maximum Gasteiger partial charge on any atom is 0.259 e. The largest absolute Gasteiger partial charge is 0.493 e. The number of anilines is 2. The van der Waals surface area contributed by atoms with Gasteiger partial charge in [0, 0.05) is 12.2 Å². The molecule has 0 bridgehead atoms. The fourth-order valence-corrected chi connectivity index (χ4v) is 3.26. The van der Waals surface area contributed by atoms with Gasteiger partial charge in [-0.2, -0.15) is 0 Å². The summed E-state index contributed by atoms with van der Waals surface area (Å²) in [5.41, 5.74) is 2.80. The van der Waals surface area contributed by atoms with E-state index in [0.717, 1.165) is 11.3 Å². The third kappa shape index (κ3) is 4.78. The molecule has 6 nitrogen and oxygen atoms in total. The molecule has 0 unspecified atom stereocenters. The second kappa shape index (κ2) is 9.89. The summed E-state index contributed by atoms with van der Waals surface area (Å²) >= 11 is 6.40. The van der Waals surface area contributed by atoms with E-state index in [1.54, 1.807) is 24.3 Å². The average Bonchev–Trinajstić information content (AvgIpc) is 2.77. The van der Waals surface area contributed by atoms with Gasteiger partial charge >= 0.3 is 0 Å². The van der Waals surface area contributed by atoms with E-state index in [-0.39, 0.29) is 5.91 Å². The number of nitrogens with one attached hydrogen (secondary N) is 2. The van der Waals surface area contributed by atoms with Gasteiger partial charge in [0.05, 0.1) is 37.6 Å². The summed E-state index contributed by atoms with van der Waals surface area (Å²) in [6, 6.07) is 18.6. The second-order valence-corrected chi connectivity index (χ2v) is 6.78. The van der Waals surface area contributed by atoms with Gasteiger partial charge < -0.3 is 24.8 Å². The molecule has 0 atom stereocenters. The predicted octanol–water partition coefficient (Wildman–Crippen LogP) is 5.23. The van der Waals surface area contributed by atoms with Crippen LogP contribution in [0.25, 0.3) is 0 Å². The predicted molar refractivity (Wildman–Crippen MR) is 119 cm³/mol. The molecule has 0 saturated carbocycles. The molecule has 2 N–H and O–H groups in total. The topological polar surface area (TPSA) is 68.8 Å². The van der Waals surface area contributed by atoms with E-state index in [4.69, 9.17) is 25.8 Å². The highest BCUT2D eigenvalue weighted by Gasteiger charge is 2.21. The molecule has 156 valence electrons. The van der Waals surface area contributed by atoms with Crippen LogP contribution in [-0.2, 0) is 6.54 Å². The van der Waals surface area contributed by atoms with E-state index in [2.05, 4.69) is 10.6 Å². The third-order valence-electron chi connectivity index (χ3n) is 4.50. The molecule has 3 rings (SSSR count). The van der Waals surface area contributed by atoms with Crippen molar-refractivity contribution in [3.8, 4) is 17.2 Å². The van der Waals surface area contributed by atoms with E-state index < -0.39 is 0 Å². The van der Waals surface area contributed by atoms with Crippen molar-refractivity contribution in [2.24, 2.45) is 0 Å². The smallest absolute Gasteiger partial charge is 0.259 e. The molecule has 0 spiro atoms. The Kier molecular flexibility index (Phi) is 7.03.